The maximum Gasteiger partial charge on any atom is 0.277 e. The molecule has 0 bridgehead atoms. The summed E-state index contributed by atoms with van der Waals surface area (Å²) < 4.78 is 16.1. The highest BCUT2D eigenvalue weighted by atomic mass is 79.9. The zero-order valence-corrected chi connectivity index (χ0v) is 15.8. The molecule has 1 aromatic heterocycles. The lowest BCUT2D eigenvalue weighted by Gasteiger charge is -2.14. The van der Waals surface area contributed by atoms with Crippen molar-refractivity contribution in [1.82, 2.24) is 20.9 Å². The average molecular weight is 426 g/mol. The van der Waals surface area contributed by atoms with Gasteiger partial charge < -0.3 is 25.8 Å². The lowest BCUT2D eigenvalue weighted by atomic mass is 10.2. The highest BCUT2D eigenvalue weighted by Crippen LogP contribution is 2.36. The third-order valence-corrected chi connectivity index (χ3v) is 3.87. The summed E-state index contributed by atoms with van der Waals surface area (Å²) in [7, 11) is 1.58. The van der Waals surface area contributed by atoms with E-state index in [9.17, 15) is 4.79 Å². The molecule has 0 spiro atoms. The monoisotopic (exact) mass is 425 g/mol. The van der Waals surface area contributed by atoms with Gasteiger partial charge >= 0.3 is 0 Å². The summed E-state index contributed by atoms with van der Waals surface area (Å²) in [6, 6.07) is 3.82. The number of carbonyl (C=O) groups is 1. The number of amides is 1. The van der Waals surface area contributed by atoms with Crippen LogP contribution in [0.3, 0.4) is 0 Å². The van der Waals surface area contributed by atoms with Gasteiger partial charge in [0.1, 0.15) is 6.61 Å². The Morgan fingerprint density at radius 1 is 1.42 bits per heavy atom. The maximum absolute atomic E-state index is 11.8. The quantitative estimate of drug-likeness (QED) is 0.386. The van der Waals surface area contributed by atoms with E-state index in [1.807, 2.05) is 12.1 Å². The molecule has 0 atom stereocenters. The fourth-order valence-electron chi connectivity index (χ4n) is 2.09. The van der Waals surface area contributed by atoms with E-state index in [2.05, 4.69) is 48.1 Å². The van der Waals surface area contributed by atoms with Crippen LogP contribution < -0.4 is 25.8 Å². The number of hydrogen-bond acceptors (Lipinski definition) is 8. The van der Waals surface area contributed by atoms with Crippen molar-refractivity contribution in [3.05, 3.63) is 40.5 Å². The Labute approximate surface area is 159 Å². The highest BCUT2D eigenvalue weighted by molar-refractivity contribution is 9.10. The van der Waals surface area contributed by atoms with E-state index in [0.717, 1.165) is 10.0 Å². The normalized spacial score (nSPS) is 10.4. The van der Waals surface area contributed by atoms with E-state index in [1.54, 1.807) is 13.2 Å². The molecule has 0 saturated carbocycles. The number of nitrogen functional groups attached to an aromatic ring is 1. The van der Waals surface area contributed by atoms with E-state index >= 15 is 0 Å². The van der Waals surface area contributed by atoms with E-state index in [-0.39, 0.29) is 11.5 Å². The Hall–Kier alpha value is -2.59. The maximum atomic E-state index is 11.8. The number of hydrogen-bond donors (Lipinski definition) is 3. The molecule has 1 amide bonds. The SMILES string of the molecule is C=CCOc1c(Br)cc(CNCCNC(=O)c2nonc2N)cc1OC. The molecule has 4 N–H and O–H groups in total. The first kappa shape index (κ1) is 19.7. The second-order valence-electron chi connectivity index (χ2n) is 5.14. The van der Waals surface area contributed by atoms with Gasteiger partial charge in [-0.2, -0.15) is 0 Å². The molecule has 26 heavy (non-hydrogen) atoms. The average Bonchev–Trinajstić information content (AvgIpc) is 3.06. The number of carbonyl (C=O) groups excluding carboxylic acids is 1. The molecule has 9 nitrogen and oxygen atoms in total. The number of anilines is 1. The summed E-state index contributed by atoms with van der Waals surface area (Å²) in [5, 5.41) is 12.7. The van der Waals surface area contributed by atoms with Gasteiger partial charge in [-0.15, -0.1) is 0 Å². The Bertz CT molecular complexity index is 765. The van der Waals surface area contributed by atoms with Crippen LogP contribution in [0.4, 0.5) is 5.82 Å². The van der Waals surface area contributed by atoms with Crippen molar-refractivity contribution in [2.45, 2.75) is 6.54 Å². The van der Waals surface area contributed by atoms with E-state index in [0.29, 0.717) is 37.7 Å². The molecule has 2 rings (SSSR count). The van der Waals surface area contributed by atoms with Crippen LogP contribution in [0.25, 0.3) is 0 Å². The van der Waals surface area contributed by atoms with Crippen LogP contribution in [0.1, 0.15) is 16.1 Å². The lowest BCUT2D eigenvalue weighted by Crippen LogP contribution is -2.32. The molecule has 0 unspecified atom stereocenters. The van der Waals surface area contributed by atoms with Gasteiger partial charge in [0.15, 0.2) is 11.5 Å². The van der Waals surface area contributed by atoms with Crippen LogP contribution in [0.2, 0.25) is 0 Å². The minimum atomic E-state index is -0.432. The Morgan fingerprint density at radius 2 is 2.23 bits per heavy atom. The number of nitrogens with zero attached hydrogens (tertiary/aromatic N) is 2. The molecule has 2 aromatic rings. The molecule has 0 aliphatic carbocycles. The number of nitrogens with two attached hydrogens (primary N) is 1. The summed E-state index contributed by atoms with van der Waals surface area (Å²) in [4.78, 5) is 11.8. The van der Waals surface area contributed by atoms with E-state index in [4.69, 9.17) is 15.2 Å². The summed E-state index contributed by atoms with van der Waals surface area (Å²) in [6.45, 7) is 5.54. The highest BCUT2D eigenvalue weighted by Gasteiger charge is 2.15. The molecule has 0 aliphatic rings. The molecule has 140 valence electrons. The minimum Gasteiger partial charge on any atom is -0.493 e. The van der Waals surface area contributed by atoms with Crippen LogP contribution >= 0.6 is 15.9 Å². The second kappa shape index (κ2) is 9.78. The van der Waals surface area contributed by atoms with Crippen molar-refractivity contribution in [1.29, 1.82) is 0 Å². The second-order valence-corrected chi connectivity index (χ2v) is 5.99. The van der Waals surface area contributed by atoms with Crippen LogP contribution in [0.15, 0.2) is 33.9 Å². The van der Waals surface area contributed by atoms with Gasteiger partial charge in [-0.25, -0.2) is 4.63 Å². The molecule has 0 radical (unpaired) electrons. The number of methoxy groups -OCH3 is 1. The van der Waals surface area contributed by atoms with Crippen LogP contribution in [-0.4, -0.2) is 43.0 Å². The number of halogens is 1. The van der Waals surface area contributed by atoms with Crippen LogP contribution in [0, 0.1) is 0 Å². The van der Waals surface area contributed by atoms with Crippen molar-refractivity contribution >= 4 is 27.7 Å². The molecule has 1 aromatic carbocycles. The van der Waals surface area contributed by atoms with Crippen molar-refractivity contribution in [2.24, 2.45) is 0 Å². The fourth-order valence-corrected chi connectivity index (χ4v) is 2.70. The van der Waals surface area contributed by atoms with Gasteiger partial charge in [-0.1, -0.05) is 12.7 Å². The lowest BCUT2D eigenvalue weighted by molar-refractivity contribution is 0.0944. The van der Waals surface area contributed by atoms with E-state index < -0.39 is 5.91 Å². The number of benzene rings is 1. The Balaban J connectivity index is 1.82. The minimum absolute atomic E-state index is 0.0196. The van der Waals surface area contributed by atoms with Gasteiger partial charge in [-0.05, 0) is 43.9 Å². The van der Waals surface area contributed by atoms with Gasteiger partial charge in [0, 0.05) is 19.6 Å². The van der Waals surface area contributed by atoms with Crippen molar-refractivity contribution in [3.63, 3.8) is 0 Å². The summed E-state index contributed by atoms with van der Waals surface area (Å²) in [5.41, 5.74) is 6.43. The van der Waals surface area contributed by atoms with Crippen molar-refractivity contribution < 1.29 is 18.9 Å². The zero-order valence-electron chi connectivity index (χ0n) is 14.3. The van der Waals surface area contributed by atoms with Gasteiger partial charge in [0.05, 0.1) is 11.6 Å². The van der Waals surface area contributed by atoms with Crippen LogP contribution in [0.5, 0.6) is 11.5 Å². The number of ether oxygens (including phenoxy) is 2. The Kier molecular flexibility index (Phi) is 7.42. The third kappa shape index (κ3) is 5.20. The predicted molar refractivity (Wildman–Crippen MR) is 99.1 cm³/mol. The largest absolute Gasteiger partial charge is 0.493 e. The molecule has 0 saturated heterocycles. The van der Waals surface area contributed by atoms with Gasteiger partial charge in [0.25, 0.3) is 5.91 Å². The number of nitrogens with one attached hydrogen (secondary N) is 2. The smallest absolute Gasteiger partial charge is 0.277 e. The van der Waals surface area contributed by atoms with Crippen LogP contribution in [-0.2, 0) is 6.54 Å². The van der Waals surface area contributed by atoms with Gasteiger partial charge in [-0.3, -0.25) is 4.79 Å². The van der Waals surface area contributed by atoms with Crippen molar-refractivity contribution in [2.75, 3.05) is 32.5 Å². The first-order chi connectivity index (χ1) is 12.6. The molecule has 1 heterocycles. The zero-order chi connectivity index (χ0) is 18.9. The van der Waals surface area contributed by atoms with E-state index in [1.165, 1.54) is 0 Å². The Morgan fingerprint density at radius 3 is 2.88 bits per heavy atom. The third-order valence-electron chi connectivity index (χ3n) is 3.28. The summed E-state index contributed by atoms with van der Waals surface area (Å²) in [6.07, 6.45) is 1.67. The fraction of sp³-hybridized carbons (Fsp3) is 0.312. The predicted octanol–water partition coefficient (Wildman–Crippen LogP) is 1.51. The molecule has 0 aliphatic heterocycles. The van der Waals surface area contributed by atoms with Gasteiger partial charge in [0.2, 0.25) is 11.5 Å². The standard InChI is InChI=1S/C16H20BrN5O4/c1-3-6-25-14-11(17)7-10(8-12(14)24-2)9-19-4-5-20-16(23)13-15(18)22-26-21-13/h3,7-8,19H,1,4-6,9H2,2H3,(H2,18,22)(H,20,23). The molecule has 10 heteroatoms. The summed E-state index contributed by atoms with van der Waals surface area (Å²) >= 11 is 3.48. The van der Waals surface area contributed by atoms with Crippen molar-refractivity contribution in [3.8, 4) is 11.5 Å². The number of rotatable bonds is 10. The molecule has 0 fully saturated rings. The topological polar surface area (TPSA) is 125 Å². The number of aromatic nitrogens is 2. The summed E-state index contributed by atoms with van der Waals surface area (Å²) in [5.74, 6) is 0.785. The molecular formula is C16H20BrN5O4. The first-order valence-corrected chi connectivity index (χ1v) is 8.53. The molecular weight excluding hydrogens is 406 g/mol. The first-order valence-electron chi connectivity index (χ1n) is 7.73.